The maximum atomic E-state index is 11.7. The van der Waals surface area contributed by atoms with Gasteiger partial charge < -0.3 is 5.32 Å². The van der Waals surface area contributed by atoms with Crippen molar-refractivity contribution >= 4 is 17.2 Å². The third-order valence-corrected chi connectivity index (χ3v) is 3.53. The smallest absolute Gasteiger partial charge is 0.222 e. The van der Waals surface area contributed by atoms with Crippen molar-refractivity contribution in [3.8, 4) is 0 Å². The Morgan fingerprint density at radius 3 is 3.12 bits per heavy atom. The Balaban J connectivity index is 1.77. The van der Waals surface area contributed by atoms with Gasteiger partial charge in [-0.05, 0) is 24.4 Å². The lowest BCUT2D eigenvalue weighted by molar-refractivity contribution is -0.122. The van der Waals surface area contributed by atoms with E-state index in [-0.39, 0.29) is 11.9 Å². The second-order valence-corrected chi connectivity index (χ2v) is 4.80. The summed E-state index contributed by atoms with van der Waals surface area (Å²) >= 11 is 1.66. The van der Waals surface area contributed by atoms with Crippen LogP contribution in [0.15, 0.2) is 36.0 Å². The van der Waals surface area contributed by atoms with E-state index in [1.165, 1.54) is 4.88 Å². The van der Waals surface area contributed by atoms with E-state index in [9.17, 15) is 4.79 Å². The summed E-state index contributed by atoms with van der Waals surface area (Å²) in [6.07, 6.45) is 4.03. The lowest BCUT2D eigenvalue weighted by atomic mass is 10.2. The molecule has 0 aliphatic rings. The van der Waals surface area contributed by atoms with Crippen molar-refractivity contribution in [3.05, 3.63) is 40.8 Å². The summed E-state index contributed by atoms with van der Waals surface area (Å²) in [5, 5.41) is 9.05. The fraction of sp³-hybridized carbons (Fsp3) is 0.333. The molecule has 1 atom stereocenters. The largest absolute Gasteiger partial charge is 0.349 e. The molecule has 2 heterocycles. The average Bonchev–Trinajstić information content (AvgIpc) is 2.99. The van der Waals surface area contributed by atoms with E-state index in [2.05, 4.69) is 10.4 Å². The predicted molar refractivity (Wildman–Crippen MR) is 67.7 cm³/mol. The minimum atomic E-state index is 0.0569. The standard InChI is InChI=1S/C12H15N3OS/c1-10(11-4-2-9-17-11)14-12(16)5-8-15-7-3-6-13-15/h2-4,6-7,9-10H,5,8H2,1H3,(H,14,16)/t10-/m0/s1. The Hall–Kier alpha value is -1.62. The third kappa shape index (κ3) is 3.42. The molecule has 90 valence electrons. The van der Waals surface area contributed by atoms with E-state index in [1.807, 2.05) is 36.7 Å². The van der Waals surface area contributed by atoms with E-state index in [1.54, 1.807) is 22.2 Å². The molecule has 0 aliphatic heterocycles. The molecule has 0 fully saturated rings. The molecule has 0 radical (unpaired) electrons. The molecule has 1 amide bonds. The van der Waals surface area contributed by atoms with Gasteiger partial charge >= 0.3 is 0 Å². The fourth-order valence-electron chi connectivity index (χ4n) is 1.57. The summed E-state index contributed by atoms with van der Waals surface area (Å²) in [5.74, 6) is 0.0569. The highest BCUT2D eigenvalue weighted by atomic mass is 32.1. The molecule has 1 N–H and O–H groups in total. The number of aromatic nitrogens is 2. The zero-order valence-electron chi connectivity index (χ0n) is 9.67. The monoisotopic (exact) mass is 249 g/mol. The molecule has 2 rings (SSSR count). The van der Waals surface area contributed by atoms with Crippen LogP contribution in [0.1, 0.15) is 24.3 Å². The second-order valence-electron chi connectivity index (χ2n) is 3.82. The van der Waals surface area contributed by atoms with Crippen molar-refractivity contribution in [2.75, 3.05) is 0 Å². The molecule has 4 nitrogen and oxygen atoms in total. The van der Waals surface area contributed by atoms with Crippen LogP contribution in [0.2, 0.25) is 0 Å². The maximum Gasteiger partial charge on any atom is 0.222 e. The molecule has 2 aromatic heterocycles. The van der Waals surface area contributed by atoms with Crippen LogP contribution in [0.4, 0.5) is 0 Å². The molecule has 0 bridgehead atoms. The van der Waals surface area contributed by atoms with Crippen molar-refractivity contribution in [3.63, 3.8) is 0 Å². The van der Waals surface area contributed by atoms with E-state index in [4.69, 9.17) is 0 Å². The van der Waals surface area contributed by atoms with Crippen molar-refractivity contribution in [1.82, 2.24) is 15.1 Å². The summed E-state index contributed by atoms with van der Waals surface area (Å²) in [4.78, 5) is 12.9. The number of thiophene rings is 1. The highest BCUT2D eigenvalue weighted by molar-refractivity contribution is 7.10. The zero-order valence-corrected chi connectivity index (χ0v) is 10.5. The molecular weight excluding hydrogens is 234 g/mol. The number of rotatable bonds is 5. The molecule has 17 heavy (non-hydrogen) atoms. The van der Waals surface area contributed by atoms with Crippen LogP contribution in [0, 0.1) is 0 Å². The fourth-order valence-corrected chi connectivity index (χ4v) is 2.31. The van der Waals surface area contributed by atoms with Crippen LogP contribution < -0.4 is 5.32 Å². The molecule has 0 saturated heterocycles. The van der Waals surface area contributed by atoms with E-state index >= 15 is 0 Å². The second kappa shape index (κ2) is 5.63. The minimum Gasteiger partial charge on any atom is -0.349 e. The lowest BCUT2D eigenvalue weighted by Crippen LogP contribution is -2.27. The van der Waals surface area contributed by atoms with Crippen LogP contribution in [0.3, 0.4) is 0 Å². The number of nitrogens with one attached hydrogen (secondary N) is 1. The average molecular weight is 249 g/mol. The molecular formula is C12H15N3OS. The number of carbonyl (C=O) groups excluding carboxylic acids is 1. The van der Waals surface area contributed by atoms with Crippen molar-refractivity contribution in [2.45, 2.75) is 25.9 Å². The highest BCUT2D eigenvalue weighted by Crippen LogP contribution is 2.17. The van der Waals surface area contributed by atoms with Crippen molar-refractivity contribution in [1.29, 1.82) is 0 Å². The van der Waals surface area contributed by atoms with Crippen LogP contribution in [0.25, 0.3) is 0 Å². The Labute approximate surface area is 104 Å². The number of nitrogens with zero attached hydrogens (tertiary/aromatic N) is 2. The Morgan fingerprint density at radius 2 is 2.47 bits per heavy atom. The maximum absolute atomic E-state index is 11.7. The molecule has 0 unspecified atom stereocenters. The molecule has 5 heteroatoms. The summed E-state index contributed by atoms with van der Waals surface area (Å²) in [7, 11) is 0. The first-order valence-electron chi connectivity index (χ1n) is 5.56. The van der Waals surface area contributed by atoms with Gasteiger partial charge in [0.1, 0.15) is 0 Å². The lowest BCUT2D eigenvalue weighted by Gasteiger charge is -2.12. The first-order chi connectivity index (χ1) is 8.25. The molecule has 0 aliphatic carbocycles. The van der Waals surface area contributed by atoms with Gasteiger partial charge in [-0.3, -0.25) is 9.48 Å². The number of aryl methyl sites for hydroxylation is 1. The van der Waals surface area contributed by atoms with Crippen LogP contribution >= 0.6 is 11.3 Å². The van der Waals surface area contributed by atoms with Gasteiger partial charge in [-0.1, -0.05) is 6.07 Å². The van der Waals surface area contributed by atoms with Crippen molar-refractivity contribution in [2.24, 2.45) is 0 Å². The zero-order chi connectivity index (χ0) is 12.1. The number of hydrogen-bond acceptors (Lipinski definition) is 3. The normalized spacial score (nSPS) is 12.3. The van der Waals surface area contributed by atoms with Gasteiger partial charge in [0, 0.05) is 30.2 Å². The number of amides is 1. The van der Waals surface area contributed by atoms with Crippen LogP contribution in [-0.4, -0.2) is 15.7 Å². The number of carbonyl (C=O) groups is 1. The van der Waals surface area contributed by atoms with Crippen molar-refractivity contribution < 1.29 is 4.79 Å². The third-order valence-electron chi connectivity index (χ3n) is 2.47. The number of hydrogen-bond donors (Lipinski definition) is 1. The molecule has 0 saturated carbocycles. The van der Waals surface area contributed by atoms with Gasteiger partial charge in [0.25, 0.3) is 0 Å². The Bertz CT molecular complexity index is 450. The molecule has 2 aromatic rings. The molecule has 0 spiro atoms. The van der Waals surface area contributed by atoms with E-state index < -0.39 is 0 Å². The van der Waals surface area contributed by atoms with E-state index in [0.717, 1.165) is 0 Å². The summed E-state index contributed by atoms with van der Waals surface area (Å²) in [5.41, 5.74) is 0. The van der Waals surface area contributed by atoms with Crippen LogP contribution in [-0.2, 0) is 11.3 Å². The van der Waals surface area contributed by atoms with Gasteiger partial charge in [-0.15, -0.1) is 11.3 Å². The minimum absolute atomic E-state index is 0.0569. The van der Waals surface area contributed by atoms with Crippen LogP contribution in [0.5, 0.6) is 0 Å². The van der Waals surface area contributed by atoms with Gasteiger partial charge in [-0.25, -0.2) is 0 Å². The van der Waals surface area contributed by atoms with E-state index in [0.29, 0.717) is 13.0 Å². The van der Waals surface area contributed by atoms with Gasteiger partial charge in [0.2, 0.25) is 5.91 Å². The first-order valence-corrected chi connectivity index (χ1v) is 6.44. The summed E-state index contributed by atoms with van der Waals surface area (Å²) in [6.45, 7) is 2.62. The predicted octanol–water partition coefficient (Wildman–Crippen LogP) is 2.21. The SMILES string of the molecule is C[C@H](NC(=O)CCn1cccn1)c1cccs1. The summed E-state index contributed by atoms with van der Waals surface area (Å²) < 4.78 is 1.76. The highest BCUT2D eigenvalue weighted by Gasteiger charge is 2.09. The topological polar surface area (TPSA) is 46.9 Å². The summed E-state index contributed by atoms with van der Waals surface area (Å²) in [6, 6.07) is 5.96. The van der Waals surface area contributed by atoms with Gasteiger partial charge in [-0.2, -0.15) is 5.10 Å². The van der Waals surface area contributed by atoms with Gasteiger partial charge in [0.15, 0.2) is 0 Å². The quantitative estimate of drug-likeness (QED) is 0.883. The molecule has 0 aromatic carbocycles. The Kier molecular flexibility index (Phi) is 3.93. The Morgan fingerprint density at radius 1 is 1.59 bits per heavy atom. The first kappa shape index (κ1) is 11.9. The van der Waals surface area contributed by atoms with Gasteiger partial charge in [0.05, 0.1) is 6.04 Å².